The highest BCUT2D eigenvalue weighted by Crippen LogP contribution is 2.14. The van der Waals surface area contributed by atoms with Crippen LogP contribution in [-0.4, -0.2) is 33.0 Å². The SMILES string of the molecule is COCCn1ccnc1Nc1cc(C)n(C)n1. The van der Waals surface area contributed by atoms with Crippen LogP contribution in [-0.2, 0) is 18.3 Å². The maximum absolute atomic E-state index is 5.05. The van der Waals surface area contributed by atoms with Crippen molar-refractivity contribution in [2.45, 2.75) is 13.5 Å². The molecule has 2 heterocycles. The van der Waals surface area contributed by atoms with Crippen molar-refractivity contribution >= 4 is 11.8 Å². The average Bonchev–Trinajstić information content (AvgIpc) is 2.85. The minimum absolute atomic E-state index is 0.659. The van der Waals surface area contributed by atoms with E-state index in [0.29, 0.717) is 6.61 Å². The van der Waals surface area contributed by atoms with Gasteiger partial charge in [0.15, 0.2) is 5.82 Å². The second-order valence-corrected chi connectivity index (χ2v) is 3.86. The molecule has 6 heteroatoms. The third kappa shape index (κ3) is 2.65. The summed E-state index contributed by atoms with van der Waals surface area (Å²) < 4.78 is 8.87. The zero-order valence-corrected chi connectivity index (χ0v) is 10.3. The molecule has 17 heavy (non-hydrogen) atoms. The first-order valence-corrected chi connectivity index (χ1v) is 5.48. The van der Waals surface area contributed by atoms with E-state index in [2.05, 4.69) is 15.4 Å². The van der Waals surface area contributed by atoms with E-state index in [1.165, 1.54) is 0 Å². The number of hydrogen-bond acceptors (Lipinski definition) is 4. The summed E-state index contributed by atoms with van der Waals surface area (Å²) in [6.07, 6.45) is 3.67. The number of hydrogen-bond donors (Lipinski definition) is 1. The van der Waals surface area contributed by atoms with Gasteiger partial charge in [-0.1, -0.05) is 0 Å². The van der Waals surface area contributed by atoms with E-state index in [1.807, 2.05) is 35.5 Å². The number of aromatic nitrogens is 4. The molecule has 2 rings (SSSR count). The molecule has 1 N–H and O–H groups in total. The monoisotopic (exact) mass is 235 g/mol. The molecule has 0 atom stereocenters. The fourth-order valence-electron chi connectivity index (χ4n) is 1.54. The molecular weight excluding hydrogens is 218 g/mol. The van der Waals surface area contributed by atoms with Crippen LogP contribution >= 0.6 is 0 Å². The number of aryl methyl sites for hydroxylation is 2. The summed E-state index contributed by atoms with van der Waals surface area (Å²) in [4.78, 5) is 4.25. The van der Waals surface area contributed by atoms with E-state index in [1.54, 1.807) is 13.3 Å². The van der Waals surface area contributed by atoms with Crippen molar-refractivity contribution in [1.82, 2.24) is 19.3 Å². The van der Waals surface area contributed by atoms with Gasteiger partial charge in [-0.3, -0.25) is 4.68 Å². The summed E-state index contributed by atoms with van der Waals surface area (Å²) in [5.74, 6) is 1.58. The molecule has 92 valence electrons. The molecule has 0 aliphatic rings. The van der Waals surface area contributed by atoms with Crippen LogP contribution in [0.5, 0.6) is 0 Å². The van der Waals surface area contributed by atoms with Gasteiger partial charge in [-0.2, -0.15) is 5.10 Å². The molecule has 0 aliphatic carbocycles. The molecular formula is C11H17N5O. The van der Waals surface area contributed by atoms with E-state index in [0.717, 1.165) is 24.0 Å². The fraction of sp³-hybridized carbons (Fsp3) is 0.455. The molecule has 0 aliphatic heterocycles. The van der Waals surface area contributed by atoms with Gasteiger partial charge in [-0.25, -0.2) is 4.98 Å². The summed E-state index contributed by atoms with van der Waals surface area (Å²) in [5.41, 5.74) is 1.10. The van der Waals surface area contributed by atoms with Gasteiger partial charge in [-0.05, 0) is 6.92 Å². The molecule has 2 aromatic rings. The van der Waals surface area contributed by atoms with Crippen LogP contribution in [0.1, 0.15) is 5.69 Å². The number of imidazole rings is 1. The second-order valence-electron chi connectivity index (χ2n) is 3.86. The maximum Gasteiger partial charge on any atom is 0.208 e. The standard InChI is InChI=1S/C11H17N5O/c1-9-8-10(14-15(9)2)13-11-12-4-5-16(11)6-7-17-3/h4-5,8H,6-7H2,1-3H3,(H,12,13,14). The third-order valence-electron chi connectivity index (χ3n) is 2.61. The van der Waals surface area contributed by atoms with Gasteiger partial charge >= 0.3 is 0 Å². The van der Waals surface area contributed by atoms with Crippen LogP contribution < -0.4 is 5.32 Å². The quantitative estimate of drug-likeness (QED) is 0.849. The van der Waals surface area contributed by atoms with Gasteiger partial charge in [0.25, 0.3) is 0 Å². The van der Waals surface area contributed by atoms with Crippen molar-refractivity contribution in [2.75, 3.05) is 19.0 Å². The van der Waals surface area contributed by atoms with E-state index in [4.69, 9.17) is 4.74 Å². The van der Waals surface area contributed by atoms with Gasteiger partial charge in [-0.15, -0.1) is 0 Å². The molecule has 0 radical (unpaired) electrons. The Hall–Kier alpha value is -1.82. The van der Waals surface area contributed by atoms with Crippen molar-refractivity contribution in [1.29, 1.82) is 0 Å². The van der Waals surface area contributed by atoms with Gasteiger partial charge in [0.2, 0.25) is 5.95 Å². The smallest absolute Gasteiger partial charge is 0.208 e. The van der Waals surface area contributed by atoms with Crippen molar-refractivity contribution in [3.8, 4) is 0 Å². The highest BCUT2D eigenvalue weighted by molar-refractivity contribution is 5.48. The van der Waals surface area contributed by atoms with Gasteiger partial charge < -0.3 is 14.6 Å². The Labute approximate surface area is 100 Å². The van der Waals surface area contributed by atoms with E-state index in [9.17, 15) is 0 Å². The minimum atomic E-state index is 0.659. The van der Waals surface area contributed by atoms with Crippen molar-refractivity contribution in [3.63, 3.8) is 0 Å². The van der Waals surface area contributed by atoms with Crippen LogP contribution in [0.4, 0.5) is 11.8 Å². The van der Waals surface area contributed by atoms with Crippen molar-refractivity contribution in [2.24, 2.45) is 7.05 Å². The molecule has 0 saturated heterocycles. The number of ether oxygens (including phenoxy) is 1. The Morgan fingerprint density at radius 3 is 2.94 bits per heavy atom. The molecule has 2 aromatic heterocycles. The average molecular weight is 235 g/mol. The van der Waals surface area contributed by atoms with E-state index in [-0.39, 0.29) is 0 Å². The fourth-order valence-corrected chi connectivity index (χ4v) is 1.54. The number of nitrogens with one attached hydrogen (secondary N) is 1. The lowest BCUT2D eigenvalue weighted by atomic mass is 10.4. The van der Waals surface area contributed by atoms with Crippen molar-refractivity contribution in [3.05, 3.63) is 24.2 Å². The Kier molecular flexibility index (Phi) is 3.43. The number of methoxy groups -OCH3 is 1. The highest BCUT2D eigenvalue weighted by Gasteiger charge is 2.06. The molecule has 0 saturated carbocycles. The summed E-state index contributed by atoms with van der Waals surface area (Å²) in [7, 11) is 3.60. The molecule has 0 bridgehead atoms. The van der Waals surface area contributed by atoms with Gasteiger partial charge in [0, 0.05) is 44.9 Å². The van der Waals surface area contributed by atoms with Crippen LogP contribution in [0.25, 0.3) is 0 Å². The zero-order chi connectivity index (χ0) is 12.3. The zero-order valence-electron chi connectivity index (χ0n) is 10.3. The van der Waals surface area contributed by atoms with E-state index >= 15 is 0 Å². The number of nitrogens with zero attached hydrogens (tertiary/aromatic N) is 4. The lowest BCUT2D eigenvalue weighted by Crippen LogP contribution is -2.07. The van der Waals surface area contributed by atoms with Gasteiger partial charge in [0.05, 0.1) is 6.61 Å². The first-order valence-electron chi connectivity index (χ1n) is 5.48. The molecule has 0 unspecified atom stereocenters. The van der Waals surface area contributed by atoms with Gasteiger partial charge in [0.1, 0.15) is 0 Å². The first kappa shape index (κ1) is 11.7. The lowest BCUT2D eigenvalue weighted by Gasteiger charge is -2.07. The van der Waals surface area contributed by atoms with Crippen LogP contribution in [0, 0.1) is 6.92 Å². The normalized spacial score (nSPS) is 10.8. The molecule has 6 nitrogen and oxygen atoms in total. The predicted octanol–water partition coefficient (Wildman–Crippen LogP) is 1.32. The summed E-state index contributed by atoms with van der Waals surface area (Å²) in [6.45, 7) is 3.44. The largest absolute Gasteiger partial charge is 0.383 e. The molecule has 0 fully saturated rings. The summed E-state index contributed by atoms with van der Waals surface area (Å²) in [5, 5.41) is 7.51. The number of rotatable bonds is 5. The summed E-state index contributed by atoms with van der Waals surface area (Å²) >= 11 is 0. The molecule has 0 amide bonds. The first-order chi connectivity index (χ1) is 8.20. The Morgan fingerprint density at radius 2 is 2.29 bits per heavy atom. The Morgan fingerprint density at radius 1 is 1.47 bits per heavy atom. The molecule has 0 spiro atoms. The van der Waals surface area contributed by atoms with Crippen molar-refractivity contribution < 1.29 is 4.74 Å². The van der Waals surface area contributed by atoms with Crippen LogP contribution in [0.2, 0.25) is 0 Å². The second kappa shape index (κ2) is 5.01. The number of anilines is 2. The highest BCUT2D eigenvalue weighted by atomic mass is 16.5. The van der Waals surface area contributed by atoms with E-state index < -0.39 is 0 Å². The predicted molar refractivity (Wildman–Crippen MR) is 65.3 cm³/mol. The third-order valence-corrected chi connectivity index (χ3v) is 2.61. The van der Waals surface area contributed by atoms with Crippen LogP contribution in [0.3, 0.4) is 0 Å². The lowest BCUT2D eigenvalue weighted by molar-refractivity contribution is 0.188. The Balaban J connectivity index is 2.10. The molecule has 0 aromatic carbocycles. The van der Waals surface area contributed by atoms with Crippen LogP contribution in [0.15, 0.2) is 18.5 Å². The summed E-state index contributed by atoms with van der Waals surface area (Å²) in [6, 6.07) is 1.98. The minimum Gasteiger partial charge on any atom is -0.383 e. The Bertz CT molecular complexity index is 468. The maximum atomic E-state index is 5.05. The topological polar surface area (TPSA) is 56.9 Å².